The number of rotatable bonds is 4. The van der Waals surface area contributed by atoms with E-state index in [2.05, 4.69) is 4.90 Å². The zero-order valence-corrected chi connectivity index (χ0v) is 12.2. The number of nitrogens with two attached hydrogens (primary N) is 1. The third kappa shape index (κ3) is 2.59. The summed E-state index contributed by atoms with van der Waals surface area (Å²) in [7, 11) is 7.70. The molecule has 4 heteroatoms. The van der Waals surface area contributed by atoms with Gasteiger partial charge in [-0.2, -0.15) is 0 Å². The predicted molar refractivity (Wildman–Crippen MR) is 77.9 cm³/mol. The van der Waals surface area contributed by atoms with Crippen molar-refractivity contribution < 1.29 is 4.79 Å². The molecule has 19 heavy (non-hydrogen) atoms. The number of nitrogens with zero attached hydrogens (tertiary/aromatic N) is 2. The molecule has 1 aromatic carbocycles. The van der Waals surface area contributed by atoms with Crippen LogP contribution in [0.4, 0.5) is 5.69 Å². The van der Waals surface area contributed by atoms with Crippen molar-refractivity contribution in [2.45, 2.75) is 12.3 Å². The van der Waals surface area contributed by atoms with Crippen LogP contribution in [-0.2, 0) is 4.79 Å². The first-order valence-corrected chi connectivity index (χ1v) is 6.59. The largest absolute Gasteiger partial charge is 0.399 e. The molecule has 104 valence electrons. The molecule has 0 spiro atoms. The Morgan fingerprint density at radius 3 is 2.32 bits per heavy atom. The van der Waals surface area contributed by atoms with Crippen LogP contribution in [0, 0.1) is 5.41 Å². The Balaban J connectivity index is 2.24. The maximum Gasteiger partial charge on any atom is 0.230 e. The summed E-state index contributed by atoms with van der Waals surface area (Å²) in [5.74, 6) is 0.536. The molecule has 2 rings (SSSR count). The molecule has 0 saturated heterocycles. The molecule has 1 fully saturated rings. The van der Waals surface area contributed by atoms with Crippen molar-refractivity contribution in [1.82, 2.24) is 9.80 Å². The van der Waals surface area contributed by atoms with E-state index < -0.39 is 0 Å². The van der Waals surface area contributed by atoms with Crippen LogP contribution in [0.5, 0.6) is 0 Å². The number of amides is 1. The summed E-state index contributed by atoms with van der Waals surface area (Å²) in [5.41, 5.74) is 7.44. The molecule has 1 aliphatic carbocycles. The van der Waals surface area contributed by atoms with Crippen LogP contribution in [-0.4, -0.2) is 50.4 Å². The van der Waals surface area contributed by atoms with Crippen LogP contribution < -0.4 is 5.73 Å². The van der Waals surface area contributed by atoms with Gasteiger partial charge in [0.05, 0.1) is 5.41 Å². The monoisotopic (exact) mass is 261 g/mol. The Kier molecular flexibility index (Phi) is 3.54. The van der Waals surface area contributed by atoms with E-state index in [0.29, 0.717) is 5.92 Å². The Morgan fingerprint density at radius 1 is 1.26 bits per heavy atom. The highest BCUT2D eigenvalue weighted by Crippen LogP contribution is 2.60. The second kappa shape index (κ2) is 4.85. The summed E-state index contributed by atoms with van der Waals surface area (Å²) in [6.07, 6.45) is 0.923. The standard InChI is InChI=1S/C15H23N3O/c1-17(2)10-15(14(19)18(3)4)9-13(15)11-5-7-12(16)8-6-11/h5-8,13H,9-10,16H2,1-4H3. The Hall–Kier alpha value is -1.55. The minimum atomic E-state index is -0.261. The van der Waals surface area contributed by atoms with E-state index in [1.165, 1.54) is 5.56 Å². The van der Waals surface area contributed by atoms with Crippen LogP contribution in [0.25, 0.3) is 0 Å². The highest BCUT2D eigenvalue weighted by Gasteiger charge is 2.60. The minimum absolute atomic E-state index is 0.225. The van der Waals surface area contributed by atoms with Crippen LogP contribution in [0.3, 0.4) is 0 Å². The van der Waals surface area contributed by atoms with E-state index in [1.54, 1.807) is 4.90 Å². The predicted octanol–water partition coefficient (Wildman–Crippen LogP) is 1.39. The SMILES string of the molecule is CN(C)CC1(C(=O)N(C)C)CC1c1ccc(N)cc1. The van der Waals surface area contributed by atoms with Gasteiger partial charge < -0.3 is 15.5 Å². The van der Waals surface area contributed by atoms with Gasteiger partial charge in [-0.05, 0) is 38.2 Å². The third-order valence-corrected chi connectivity index (χ3v) is 3.84. The molecule has 0 radical (unpaired) electrons. The maximum absolute atomic E-state index is 12.5. The summed E-state index contributed by atoms with van der Waals surface area (Å²) < 4.78 is 0. The molecule has 1 aromatic rings. The molecule has 0 heterocycles. The quantitative estimate of drug-likeness (QED) is 0.833. The topological polar surface area (TPSA) is 49.6 Å². The van der Waals surface area contributed by atoms with Gasteiger partial charge in [-0.15, -0.1) is 0 Å². The van der Waals surface area contributed by atoms with E-state index in [-0.39, 0.29) is 11.3 Å². The van der Waals surface area contributed by atoms with Crippen molar-refractivity contribution in [3.63, 3.8) is 0 Å². The first kappa shape index (κ1) is 13.9. The summed E-state index contributed by atoms with van der Waals surface area (Å²) in [6.45, 7) is 0.791. The lowest BCUT2D eigenvalue weighted by atomic mass is 9.96. The number of anilines is 1. The Bertz CT molecular complexity index is 467. The van der Waals surface area contributed by atoms with Crippen LogP contribution in [0.15, 0.2) is 24.3 Å². The van der Waals surface area contributed by atoms with Crippen molar-refractivity contribution in [2.24, 2.45) is 5.41 Å². The molecule has 0 aliphatic heterocycles. The van der Waals surface area contributed by atoms with Gasteiger partial charge in [0, 0.05) is 32.2 Å². The van der Waals surface area contributed by atoms with Gasteiger partial charge in [0.25, 0.3) is 0 Å². The number of carbonyl (C=O) groups is 1. The number of nitrogen functional groups attached to an aromatic ring is 1. The van der Waals surface area contributed by atoms with Gasteiger partial charge in [-0.3, -0.25) is 4.79 Å². The first-order valence-electron chi connectivity index (χ1n) is 6.59. The zero-order chi connectivity index (χ0) is 14.2. The molecular weight excluding hydrogens is 238 g/mol. The average Bonchev–Trinajstić information content (AvgIpc) is 3.03. The lowest BCUT2D eigenvalue weighted by molar-refractivity contribution is -0.135. The van der Waals surface area contributed by atoms with E-state index in [9.17, 15) is 4.79 Å². The van der Waals surface area contributed by atoms with E-state index >= 15 is 0 Å². The fraction of sp³-hybridized carbons (Fsp3) is 0.533. The number of hydrogen-bond acceptors (Lipinski definition) is 3. The third-order valence-electron chi connectivity index (χ3n) is 3.84. The molecule has 1 amide bonds. The number of carbonyl (C=O) groups excluding carboxylic acids is 1. The van der Waals surface area contributed by atoms with E-state index in [1.807, 2.05) is 52.5 Å². The van der Waals surface area contributed by atoms with Crippen LogP contribution >= 0.6 is 0 Å². The molecule has 0 aromatic heterocycles. The van der Waals surface area contributed by atoms with Gasteiger partial charge in [-0.1, -0.05) is 12.1 Å². The highest BCUT2D eigenvalue weighted by molar-refractivity contribution is 5.87. The molecule has 4 nitrogen and oxygen atoms in total. The van der Waals surface area contributed by atoms with E-state index in [0.717, 1.165) is 18.7 Å². The van der Waals surface area contributed by atoms with Gasteiger partial charge in [0.2, 0.25) is 5.91 Å². The summed E-state index contributed by atoms with van der Waals surface area (Å²) in [6, 6.07) is 7.91. The van der Waals surface area contributed by atoms with Crippen LogP contribution in [0.2, 0.25) is 0 Å². The Morgan fingerprint density at radius 2 is 1.84 bits per heavy atom. The van der Waals surface area contributed by atoms with Crippen molar-refractivity contribution in [3.05, 3.63) is 29.8 Å². The molecule has 1 saturated carbocycles. The van der Waals surface area contributed by atoms with Crippen molar-refractivity contribution in [2.75, 3.05) is 40.5 Å². The van der Waals surface area contributed by atoms with Gasteiger partial charge in [-0.25, -0.2) is 0 Å². The summed E-state index contributed by atoms with van der Waals surface area (Å²) in [5, 5.41) is 0. The molecule has 1 aliphatic rings. The smallest absolute Gasteiger partial charge is 0.230 e. The van der Waals surface area contributed by atoms with Crippen LogP contribution in [0.1, 0.15) is 17.9 Å². The van der Waals surface area contributed by atoms with Gasteiger partial charge in [0.1, 0.15) is 0 Å². The normalized spacial score (nSPS) is 25.4. The fourth-order valence-electron chi connectivity index (χ4n) is 2.96. The van der Waals surface area contributed by atoms with Crippen molar-refractivity contribution in [1.29, 1.82) is 0 Å². The second-order valence-corrected chi connectivity index (χ2v) is 6.02. The first-order chi connectivity index (χ1) is 8.86. The van der Waals surface area contributed by atoms with Crippen molar-refractivity contribution >= 4 is 11.6 Å². The minimum Gasteiger partial charge on any atom is -0.399 e. The zero-order valence-electron chi connectivity index (χ0n) is 12.2. The Labute approximate surface area is 115 Å². The van der Waals surface area contributed by atoms with Gasteiger partial charge >= 0.3 is 0 Å². The fourth-order valence-corrected chi connectivity index (χ4v) is 2.96. The average molecular weight is 261 g/mol. The highest BCUT2D eigenvalue weighted by atomic mass is 16.2. The number of hydrogen-bond donors (Lipinski definition) is 1. The van der Waals surface area contributed by atoms with Crippen molar-refractivity contribution in [3.8, 4) is 0 Å². The summed E-state index contributed by atoms with van der Waals surface area (Å²) >= 11 is 0. The maximum atomic E-state index is 12.5. The number of benzene rings is 1. The molecule has 2 N–H and O–H groups in total. The van der Waals surface area contributed by atoms with E-state index in [4.69, 9.17) is 5.73 Å². The molecular formula is C15H23N3O. The molecule has 2 unspecified atom stereocenters. The summed E-state index contributed by atoms with van der Waals surface area (Å²) in [4.78, 5) is 16.3. The van der Waals surface area contributed by atoms with Gasteiger partial charge in [0.15, 0.2) is 0 Å². The molecule has 0 bridgehead atoms. The lowest BCUT2D eigenvalue weighted by Crippen LogP contribution is -2.38. The second-order valence-electron chi connectivity index (χ2n) is 6.02. The molecule has 2 atom stereocenters. The lowest BCUT2D eigenvalue weighted by Gasteiger charge is -2.24.